The normalized spacial score (nSPS) is 22.8. The molecule has 0 aromatic rings. The van der Waals surface area contributed by atoms with Gasteiger partial charge in [-0.25, -0.2) is 4.99 Å². The highest BCUT2D eigenvalue weighted by Crippen LogP contribution is 2.13. The average molecular weight is 126 g/mol. The molecule has 3 nitrogen and oxygen atoms in total. The Kier molecular flexibility index (Phi) is 1.27. The third-order valence-corrected chi connectivity index (χ3v) is 1.50. The molecule has 0 spiro atoms. The van der Waals surface area contributed by atoms with Crippen molar-refractivity contribution in [1.29, 1.82) is 0 Å². The third kappa shape index (κ3) is 1.09. The Balaban J connectivity index is 2.83. The predicted molar refractivity (Wildman–Crippen MR) is 36.8 cm³/mol. The molecule has 3 heteroatoms. The maximum atomic E-state index is 4.61. The first-order chi connectivity index (χ1) is 4.13. The van der Waals surface area contributed by atoms with E-state index in [1.165, 1.54) is 6.40 Å². The Morgan fingerprint density at radius 2 is 2.22 bits per heavy atom. The Bertz CT molecular complexity index is 170. The van der Waals surface area contributed by atoms with E-state index in [0.717, 1.165) is 5.71 Å². The quantitative estimate of drug-likeness (QED) is 0.480. The van der Waals surface area contributed by atoms with Crippen molar-refractivity contribution in [3.8, 4) is 0 Å². The van der Waals surface area contributed by atoms with Gasteiger partial charge >= 0.3 is 0 Å². The number of nitrogens with zero attached hydrogens (tertiary/aromatic N) is 2. The number of oxime groups is 1. The van der Waals surface area contributed by atoms with Crippen LogP contribution in [0, 0.1) is 0 Å². The van der Waals surface area contributed by atoms with E-state index in [2.05, 4.69) is 15.0 Å². The summed E-state index contributed by atoms with van der Waals surface area (Å²) in [7, 11) is 0. The summed E-state index contributed by atoms with van der Waals surface area (Å²) in [4.78, 5) is 8.68. The molecule has 1 rings (SSSR count). The van der Waals surface area contributed by atoms with Gasteiger partial charge in [-0.3, -0.25) is 0 Å². The number of hydrogen-bond acceptors (Lipinski definition) is 3. The fourth-order valence-corrected chi connectivity index (χ4v) is 0.463. The highest BCUT2D eigenvalue weighted by Gasteiger charge is 2.22. The minimum Gasteiger partial charge on any atom is -0.345 e. The molecule has 0 saturated heterocycles. The van der Waals surface area contributed by atoms with Gasteiger partial charge in [0.1, 0.15) is 0 Å². The van der Waals surface area contributed by atoms with Crippen LogP contribution in [0.1, 0.15) is 20.8 Å². The number of hydrogen-bond donors (Lipinski definition) is 0. The molecule has 1 aliphatic heterocycles. The second-order valence-electron chi connectivity index (χ2n) is 2.58. The van der Waals surface area contributed by atoms with E-state index in [9.17, 15) is 0 Å². The van der Waals surface area contributed by atoms with Gasteiger partial charge in [0.2, 0.25) is 6.40 Å². The summed E-state index contributed by atoms with van der Waals surface area (Å²) in [6.07, 6.45) is 1.37. The minimum absolute atomic E-state index is 0.168. The highest BCUT2D eigenvalue weighted by atomic mass is 16.6. The van der Waals surface area contributed by atoms with Crippen molar-refractivity contribution in [2.24, 2.45) is 10.1 Å². The summed E-state index contributed by atoms with van der Waals surface area (Å²) in [6, 6.07) is 0. The van der Waals surface area contributed by atoms with Crippen molar-refractivity contribution >= 4 is 12.1 Å². The summed E-state index contributed by atoms with van der Waals surface area (Å²) in [5, 5.41) is 3.75. The largest absolute Gasteiger partial charge is 0.345 e. The molecule has 0 aromatic carbocycles. The molecular formula is C6H10N2O. The molecule has 0 N–H and O–H groups in total. The zero-order valence-corrected chi connectivity index (χ0v) is 5.88. The van der Waals surface area contributed by atoms with Gasteiger partial charge in [0, 0.05) is 0 Å². The lowest BCUT2D eigenvalue weighted by molar-refractivity contribution is 0.323. The van der Waals surface area contributed by atoms with Crippen LogP contribution in [0.4, 0.5) is 0 Å². The van der Waals surface area contributed by atoms with Crippen LogP contribution in [0.3, 0.4) is 0 Å². The molecule has 0 atom stereocenters. The number of aliphatic imine (C=N–C) groups is 1. The van der Waals surface area contributed by atoms with Crippen molar-refractivity contribution in [1.82, 2.24) is 0 Å². The van der Waals surface area contributed by atoms with E-state index < -0.39 is 0 Å². The van der Waals surface area contributed by atoms with Gasteiger partial charge in [0.15, 0.2) is 0 Å². The van der Waals surface area contributed by atoms with Crippen LogP contribution in [-0.4, -0.2) is 17.7 Å². The third-order valence-electron chi connectivity index (χ3n) is 1.50. The molecule has 9 heavy (non-hydrogen) atoms. The molecular weight excluding hydrogens is 116 g/mol. The maximum Gasteiger partial charge on any atom is 0.208 e. The van der Waals surface area contributed by atoms with Gasteiger partial charge < -0.3 is 4.84 Å². The van der Waals surface area contributed by atoms with Crippen LogP contribution in [0.2, 0.25) is 0 Å². The van der Waals surface area contributed by atoms with Crippen molar-refractivity contribution in [3.63, 3.8) is 0 Å². The fourth-order valence-electron chi connectivity index (χ4n) is 0.463. The zero-order chi connectivity index (χ0) is 6.91. The topological polar surface area (TPSA) is 34.0 Å². The Hall–Kier alpha value is -0.860. The summed E-state index contributed by atoms with van der Waals surface area (Å²) in [6.45, 7) is 5.88. The van der Waals surface area contributed by atoms with Gasteiger partial charge in [-0.15, -0.1) is 0 Å². The van der Waals surface area contributed by atoms with Crippen LogP contribution in [0.15, 0.2) is 10.1 Å². The van der Waals surface area contributed by atoms with Gasteiger partial charge in [-0.1, -0.05) is 5.16 Å². The highest BCUT2D eigenvalue weighted by molar-refractivity contribution is 5.92. The molecule has 0 amide bonds. The molecule has 1 heterocycles. The lowest BCUT2D eigenvalue weighted by Gasteiger charge is -2.20. The molecule has 0 unspecified atom stereocenters. The second kappa shape index (κ2) is 1.83. The van der Waals surface area contributed by atoms with Gasteiger partial charge in [0.25, 0.3) is 0 Å². The molecule has 0 fully saturated rings. The lowest BCUT2D eigenvalue weighted by Crippen LogP contribution is -2.29. The lowest BCUT2D eigenvalue weighted by atomic mass is 10.0. The van der Waals surface area contributed by atoms with E-state index in [1.54, 1.807) is 0 Å². The van der Waals surface area contributed by atoms with Crippen LogP contribution < -0.4 is 0 Å². The number of rotatable bonds is 0. The molecule has 0 aliphatic carbocycles. The SMILES string of the molecule is CC1=NOC=NC1(C)C. The van der Waals surface area contributed by atoms with E-state index >= 15 is 0 Å². The van der Waals surface area contributed by atoms with Gasteiger partial charge in [-0.2, -0.15) is 0 Å². The fraction of sp³-hybridized carbons (Fsp3) is 0.667. The van der Waals surface area contributed by atoms with E-state index in [-0.39, 0.29) is 5.54 Å². The smallest absolute Gasteiger partial charge is 0.208 e. The van der Waals surface area contributed by atoms with E-state index in [4.69, 9.17) is 0 Å². The van der Waals surface area contributed by atoms with Gasteiger partial charge in [0.05, 0.1) is 11.3 Å². The summed E-state index contributed by atoms with van der Waals surface area (Å²) < 4.78 is 0. The monoisotopic (exact) mass is 126 g/mol. The molecule has 0 radical (unpaired) electrons. The molecule has 0 saturated carbocycles. The van der Waals surface area contributed by atoms with Crippen molar-refractivity contribution in [2.75, 3.05) is 0 Å². The van der Waals surface area contributed by atoms with E-state index in [0.29, 0.717) is 0 Å². The first-order valence-electron chi connectivity index (χ1n) is 2.87. The van der Waals surface area contributed by atoms with Crippen LogP contribution in [0.25, 0.3) is 0 Å². The first-order valence-corrected chi connectivity index (χ1v) is 2.87. The first kappa shape index (κ1) is 6.26. The predicted octanol–water partition coefficient (Wildman–Crippen LogP) is 1.20. The molecule has 1 aliphatic rings. The summed E-state index contributed by atoms with van der Waals surface area (Å²) in [5.74, 6) is 0. The summed E-state index contributed by atoms with van der Waals surface area (Å²) in [5.41, 5.74) is 0.739. The van der Waals surface area contributed by atoms with Crippen LogP contribution >= 0.6 is 0 Å². The zero-order valence-electron chi connectivity index (χ0n) is 5.88. The van der Waals surface area contributed by atoms with Crippen LogP contribution in [0.5, 0.6) is 0 Å². The molecule has 0 aromatic heterocycles. The van der Waals surface area contributed by atoms with E-state index in [1.807, 2.05) is 20.8 Å². The minimum atomic E-state index is -0.168. The maximum absolute atomic E-state index is 4.61. The Morgan fingerprint density at radius 3 is 2.56 bits per heavy atom. The standard InChI is InChI=1S/C6H10N2O/c1-5-6(2,3)7-4-9-8-5/h4H,1-3H3. The van der Waals surface area contributed by atoms with Crippen molar-refractivity contribution < 1.29 is 4.84 Å². The Morgan fingerprint density at radius 1 is 1.56 bits per heavy atom. The van der Waals surface area contributed by atoms with Crippen molar-refractivity contribution in [2.45, 2.75) is 26.3 Å². The Labute approximate surface area is 54.4 Å². The average Bonchev–Trinajstić information content (AvgIpc) is 1.77. The molecule has 50 valence electrons. The summed E-state index contributed by atoms with van der Waals surface area (Å²) >= 11 is 0. The van der Waals surface area contributed by atoms with Gasteiger partial charge in [-0.05, 0) is 20.8 Å². The van der Waals surface area contributed by atoms with Crippen molar-refractivity contribution in [3.05, 3.63) is 0 Å². The van der Waals surface area contributed by atoms with Crippen LogP contribution in [-0.2, 0) is 4.84 Å². The second-order valence-corrected chi connectivity index (χ2v) is 2.58. The molecule has 0 bridgehead atoms.